The molecule has 0 unspecified atom stereocenters. The van der Waals surface area contributed by atoms with Gasteiger partial charge < -0.3 is 10.3 Å². The molecule has 1 saturated carbocycles. The van der Waals surface area contributed by atoms with Crippen molar-refractivity contribution in [1.82, 2.24) is 5.16 Å². The van der Waals surface area contributed by atoms with Gasteiger partial charge >= 0.3 is 0 Å². The van der Waals surface area contributed by atoms with Gasteiger partial charge in [-0.15, -0.1) is 0 Å². The zero-order valence-corrected chi connectivity index (χ0v) is 10.3. The van der Waals surface area contributed by atoms with E-state index in [1.807, 2.05) is 0 Å². The van der Waals surface area contributed by atoms with Gasteiger partial charge in [0, 0.05) is 12.0 Å². The Kier molecular flexibility index (Phi) is 3.52. The molecule has 1 aromatic heterocycles. The molecule has 1 heterocycles. The predicted molar refractivity (Wildman–Crippen MR) is 65.1 cm³/mol. The number of nitrogens with zero attached hydrogens (tertiary/aromatic N) is 1. The molecule has 0 atom stereocenters. The summed E-state index contributed by atoms with van der Waals surface area (Å²) in [5.41, 5.74) is 7.01. The van der Waals surface area contributed by atoms with Crippen molar-refractivity contribution < 1.29 is 4.52 Å². The largest absolute Gasteiger partial charge is 0.381 e. The highest BCUT2D eigenvalue weighted by Gasteiger charge is 2.21. The van der Waals surface area contributed by atoms with Crippen LogP contribution in [0.2, 0.25) is 0 Å². The Balaban J connectivity index is 2.07. The topological polar surface area (TPSA) is 52.0 Å². The number of aromatic nitrogens is 1. The summed E-state index contributed by atoms with van der Waals surface area (Å²) in [6.45, 7) is 4.40. The van der Waals surface area contributed by atoms with Crippen LogP contribution in [0.4, 0.5) is 5.82 Å². The molecule has 0 aromatic carbocycles. The number of rotatable bonds is 4. The quantitative estimate of drug-likeness (QED) is 0.851. The molecule has 2 N–H and O–H groups in total. The fourth-order valence-electron chi connectivity index (χ4n) is 2.62. The van der Waals surface area contributed by atoms with E-state index in [0.29, 0.717) is 11.7 Å². The third kappa shape index (κ3) is 2.57. The highest BCUT2D eigenvalue weighted by atomic mass is 16.5. The van der Waals surface area contributed by atoms with E-state index in [-0.39, 0.29) is 0 Å². The van der Waals surface area contributed by atoms with E-state index in [4.69, 9.17) is 10.3 Å². The van der Waals surface area contributed by atoms with Crippen molar-refractivity contribution in [1.29, 1.82) is 0 Å². The fourth-order valence-corrected chi connectivity index (χ4v) is 2.62. The molecular weight excluding hydrogens is 200 g/mol. The molecule has 3 nitrogen and oxygen atoms in total. The summed E-state index contributed by atoms with van der Waals surface area (Å²) >= 11 is 0. The van der Waals surface area contributed by atoms with Crippen LogP contribution in [0.15, 0.2) is 4.52 Å². The monoisotopic (exact) mass is 222 g/mol. The van der Waals surface area contributed by atoms with Gasteiger partial charge in [-0.25, -0.2) is 0 Å². The zero-order valence-electron chi connectivity index (χ0n) is 10.3. The van der Waals surface area contributed by atoms with Crippen molar-refractivity contribution in [3.05, 3.63) is 11.3 Å². The number of nitrogen functional groups attached to an aromatic ring is 1. The van der Waals surface area contributed by atoms with E-state index in [0.717, 1.165) is 30.1 Å². The van der Waals surface area contributed by atoms with Crippen molar-refractivity contribution in [3.63, 3.8) is 0 Å². The van der Waals surface area contributed by atoms with Crippen molar-refractivity contribution in [2.45, 2.75) is 52.4 Å². The van der Waals surface area contributed by atoms with E-state index < -0.39 is 0 Å². The molecule has 0 saturated heterocycles. The number of hydrogen-bond donors (Lipinski definition) is 1. The SMILES string of the molecule is CC(C)Cc1c(N)noc1CC1CCCC1. The smallest absolute Gasteiger partial charge is 0.170 e. The lowest BCUT2D eigenvalue weighted by atomic mass is 9.96. The Morgan fingerprint density at radius 3 is 2.69 bits per heavy atom. The number of anilines is 1. The summed E-state index contributed by atoms with van der Waals surface area (Å²) in [6.07, 6.45) is 7.43. The third-order valence-electron chi connectivity index (χ3n) is 3.46. The van der Waals surface area contributed by atoms with Crippen LogP contribution in [0.5, 0.6) is 0 Å². The summed E-state index contributed by atoms with van der Waals surface area (Å²) in [5.74, 6) is 3.03. The first-order valence-electron chi connectivity index (χ1n) is 6.39. The summed E-state index contributed by atoms with van der Waals surface area (Å²) in [5, 5.41) is 3.91. The first kappa shape index (κ1) is 11.5. The van der Waals surface area contributed by atoms with Gasteiger partial charge in [0.1, 0.15) is 5.76 Å². The highest BCUT2D eigenvalue weighted by Crippen LogP contribution is 2.31. The van der Waals surface area contributed by atoms with E-state index in [2.05, 4.69) is 19.0 Å². The Bertz CT molecular complexity index is 338. The average molecular weight is 222 g/mol. The molecule has 16 heavy (non-hydrogen) atoms. The molecule has 2 rings (SSSR count). The van der Waals surface area contributed by atoms with Crippen molar-refractivity contribution in [2.24, 2.45) is 11.8 Å². The lowest BCUT2D eigenvalue weighted by Crippen LogP contribution is -2.04. The van der Waals surface area contributed by atoms with Gasteiger partial charge in [-0.3, -0.25) is 0 Å². The van der Waals surface area contributed by atoms with Crippen LogP contribution in [0.25, 0.3) is 0 Å². The van der Waals surface area contributed by atoms with Crippen LogP contribution < -0.4 is 5.73 Å². The lowest BCUT2D eigenvalue weighted by molar-refractivity contribution is 0.358. The maximum atomic E-state index is 5.86. The van der Waals surface area contributed by atoms with E-state index >= 15 is 0 Å². The molecule has 1 fully saturated rings. The van der Waals surface area contributed by atoms with Crippen LogP contribution in [-0.4, -0.2) is 5.16 Å². The highest BCUT2D eigenvalue weighted by molar-refractivity contribution is 5.40. The molecule has 0 radical (unpaired) electrons. The first-order valence-corrected chi connectivity index (χ1v) is 6.39. The molecule has 1 aliphatic rings. The van der Waals surface area contributed by atoms with Gasteiger partial charge in [-0.2, -0.15) is 0 Å². The number of nitrogens with two attached hydrogens (primary N) is 1. The zero-order chi connectivity index (χ0) is 11.5. The minimum atomic E-state index is 0.599. The number of hydrogen-bond acceptors (Lipinski definition) is 3. The van der Waals surface area contributed by atoms with Crippen molar-refractivity contribution in [2.75, 3.05) is 5.73 Å². The molecule has 0 spiro atoms. The van der Waals surface area contributed by atoms with Crippen LogP contribution >= 0.6 is 0 Å². The van der Waals surface area contributed by atoms with Crippen LogP contribution in [0, 0.1) is 11.8 Å². The van der Waals surface area contributed by atoms with E-state index in [9.17, 15) is 0 Å². The molecule has 90 valence electrons. The Morgan fingerprint density at radius 1 is 1.38 bits per heavy atom. The van der Waals surface area contributed by atoms with E-state index in [1.54, 1.807) is 0 Å². The normalized spacial score (nSPS) is 17.4. The van der Waals surface area contributed by atoms with Gasteiger partial charge in [0.05, 0.1) is 0 Å². The Labute approximate surface area is 97.4 Å². The van der Waals surface area contributed by atoms with Gasteiger partial charge in [-0.05, 0) is 18.3 Å². The minimum Gasteiger partial charge on any atom is -0.381 e. The van der Waals surface area contributed by atoms with Gasteiger partial charge in [-0.1, -0.05) is 44.7 Å². The molecule has 1 aromatic rings. The third-order valence-corrected chi connectivity index (χ3v) is 3.46. The second kappa shape index (κ2) is 4.89. The maximum absolute atomic E-state index is 5.86. The van der Waals surface area contributed by atoms with Crippen LogP contribution in [-0.2, 0) is 12.8 Å². The first-order chi connectivity index (χ1) is 7.66. The Hall–Kier alpha value is -0.990. The predicted octanol–water partition coefficient (Wildman–Crippen LogP) is 3.19. The second-order valence-electron chi connectivity index (χ2n) is 5.42. The molecule has 0 aliphatic heterocycles. The lowest BCUT2D eigenvalue weighted by Gasteiger charge is -2.08. The molecule has 1 aliphatic carbocycles. The van der Waals surface area contributed by atoms with Crippen molar-refractivity contribution in [3.8, 4) is 0 Å². The molecule has 0 bridgehead atoms. The molecule has 3 heteroatoms. The second-order valence-corrected chi connectivity index (χ2v) is 5.42. The van der Waals surface area contributed by atoms with Gasteiger partial charge in [0.25, 0.3) is 0 Å². The summed E-state index contributed by atoms with van der Waals surface area (Å²) in [7, 11) is 0. The summed E-state index contributed by atoms with van der Waals surface area (Å²) in [4.78, 5) is 0. The molecular formula is C13H22N2O. The molecule has 0 amide bonds. The van der Waals surface area contributed by atoms with Crippen LogP contribution in [0.1, 0.15) is 50.9 Å². The van der Waals surface area contributed by atoms with E-state index in [1.165, 1.54) is 25.7 Å². The summed E-state index contributed by atoms with van der Waals surface area (Å²) < 4.78 is 5.38. The van der Waals surface area contributed by atoms with Crippen molar-refractivity contribution >= 4 is 5.82 Å². The van der Waals surface area contributed by atoms with Gasteiger partial charge in [0.15, 0.2) is 5.82 Å². The Morgan fingerprint density at radius 2 is 2.06 bits per heavy atom. The van der Waals surface area contributed by atoms with Gasteiger partial charge in [0.2, 0.25) is 0 Å². The fraction of sp³-hybridized carbons (Fsp3) is 0.769. The van der Waals surface area contributed by atoms with Crippen LogP contribution in [0.3, 0.4) is 0 Å². The maximum Gasteiger partial charge on any atom is 0.170 e. The standard InChI is InChI=1S/C13H22N2O/c1-9(2)7-11-12(16-15-13(11)14)8-10-5-3-4-6-10/h9-10H,3-8H2,1-2H3,(H2,14,15). The minimum absolute atomic E-state index is 0.599. The summed E-state index contributed by atoms with van der Waals surface area (Å²) in [6, 6.07) is 0. The average Bonchev–Trinajstić information content (AvgIpc) is 2.82.